The van der Waals surface area contributed by atoms with Crippen molar-refractivity contribution >= 4 is 11.0 Å². The van der Waals surface area contributed by atoms with Crippen molar-refractivity contribution in [2.45, 2.75) is 52.6 Å². The van der Waals surface area contributed by atoms with Gasteiger partial charge in [-0.15, -0.1) is 0 Å². The molecule has 1 fully saturated rings. The van der Waals surface area contributed by atoms with Crippen molar-refractivity contribution in [2.75, 3.05) is 26.7 Å². The third-order valence-corrected chi connectivity index (χ3v) is 6.40. The average Bonchev–Trinajstić information content (AvgIpc) is 3.19. The summed E-state index contributed by atoms with van der Waals surface area (Å²) in [5.74, 6) is 2.19. The smallest absolute Gasteiger partial charge is 0.213 e. The van der Waals surface area contributed by atoms with Crippen molar-refractivity contribution in [1.82, 2.24) is 19.9 Å². The lowest BCUT2D eigenvalue weighted by Crippen LogP contribution is -2.30. The van der Waals surface area contributed by atoms with Crippen LogP contribution in [0.3, 0.4) is 0 Å². The van der Waals surface area contributed by atoms with Crippen molar-refractivity contribution < 1.29 is 9.84 Å². The fourth-order valence-corrected chi connectivity index (χ4v) is 4.55. The number of rotatable bonds is 8. The first-order valence-electron chi connectivity index (χ1n) is 11.4. The lowest BCUT2D eigenvalue weighted by Gasteiger charge is -2.28. The first-order valence-corrected chi connectivity index (χ1v) is 11.4. The fourth-order valence-electron chi connectivity index (χ4n) is 4.55. The standard InChI is InChI=1S/C25H34N4O2/c1-17-12-18(2)24-22(13-17)27-25(28-24)21-14-23(26-15-20(21)16-30)31-11-5-4-6-19-7-9-29(3)10-8-19/h12-15,19,30H,4-11,16H2,1-3H3,(H,27,28). The maximum absolute atomic E-state index is 9.80. The van der Waals surface area contributed by atoms with E-state index in [1.54, 1.807) is 6.20 Å². The third-order valence-electron chi connectivity index (χ3n) is 6.40. The third kappa shape index (κ3) is 5.25. The van der Waals surface area contributed by atoms with Crippen LogP contribution >= 0.6 is 0 Å². The van der Waals surface area contributed by atoms with E-state index in [0.717, 1.165) is 45.9 Å². The number of aromatic amines is 1. The molecule has 4 rings (SSSR count). The van der Waals surface area contributed by atoms with Crippen molar-refractivity contribution in [3.63, 3.8) is 0 Å². The number of aliphatic hydroxyl groups is 1. The second-order valence-electron chi connectivity index (χ2n) is 8.99. The second kappa shape index (κ2) is 9.79. The average molecular weight is 423 g/mol. The summed E-state index contributed by atoms with van der Waals surface area (Å²) < 4.78 is 5.95. The number of fused-ring (bicyclic) bond motifs is 1. The quantitative estimate of drug-likeness (QED) is 0.518. The molecule has 3 aromatic rings. The largest absolute Gasteiger partial charge is 0.478 e. The highest BCUT2D eigenvalue weighted by molar-refractivity contribution is 5.83. The van der Waals surface area contributed by atoms with Crippen LogP contribution in [-0.2, 0) is 6.61 Å². The maximum Gasteiger partial charge on any atom is 0.213 e. The molecule has 6 heteroatoms. The Labute approximate surface area is 184 Å². The van der Waals surface area contributed by atoms with Gasteiger partial charge in [0.05, 0.1) is 24.2 Å². The number of benzene rings is 1. The SMILES string of the molecule is Cc1cc(C)c2nc(-c3cc(OCCCCC4CCN(C)CC4)ncc3CO)[nH]c2c1. The van der Waals surface area contributed by atoms with Crippen molar-refractivity contribution in [1.29, 1.82) is 0 Å². The van der Waals surface area contributed by atoms with Crippen LogP contribution in [0.25, 0.3) is 22.4 Å². The van der Waals surface area contributed by atoms with Crippen LogP contribution in [0.15, 0.2) is 24.4 Å². The van der Waals surface area contributed by atoms with Crippen LogP contribution in [0.1, 0.15) is 48.8 Å². The van der Waals surface area contributed by atoms with Gasteiger partial charge >= 0.3 is 0 Å². The highest BCUT2D eigenvalue weighted by atomic mass is 16.5. The van der Waals surface area contributed by atoms with Gasteiger partial charge in [0.25, 0.3) is 0 Å². The molecule has 0 spiro atoms. The number of imidazole rings is 1. The van der Waals surface area contributed by atoms with Gasteiger partial charge in [-0.2, -0.15) is 0 Å². The molecule has 1 aliphatic heterocycles. The molecule has 166 valence electrons. The summed E-state index contributed by atoms with van der Waals surface area (Å²) in [6, 6.07) is 6.12. The molecule has 0 aliphatic carbocycles. The molecule has 0 unspecified atom stereocenters. The summed E-state index contributed by atoms with van der Waals surface area (Å²) in [5, 5.41) is 9.80. The Bertz CT molecular complexity index is 1020. The van der Waals surface area contributed by atoms with Gasteiger partial charge in [-0.25, -0.2) is 9.97 Å². The minimum absolute atomic E-state index is 0.0890. The number of hydrogen-bond donors (Lipinski definition) is 2. The summed E-state index contributed by atoms with van der Waals surface area (Å²) in [5.41, 5.74) is 5.87. The monoisotopic (exact) mass is 422 g/mol. The van der Waals surface area contributed by atoms with Crippen LogP contribution in [0.2, 0.25) is 0 Å². The Balaban J connectivity index is 1.39. The van der Waals surface area contributed by atoms with E-state index >= 15 is 0 Å². The maximum atomic E-state index is 9.80. The molecule has 1 saturated heterocycles. The van der Waals surface area contributed by atoms with Gasteiger partial charge in [0, 0.05) is 23.4 Å². The van der Waals surface area contributed by atoms with Crippen molar-refractivity contribution in [2.24, 2.45) is 5.92 Å². The summed E-state index contributed by atoms with van der Waals surface area (Å²) in [6.07, 6.45) is 7.85. The van der Waals surface area contributed by atoms with Crippen molar-refractivity contribution in [3.05, 3.63) is 41.1 Å². The second-order valence-corrected chi connectivity index (χ2v) is 8.99. The van der Waals surface area contributed by atoms with Gasteiger partial charge in [0.1, 0.15) is 5.82 Å². The Morgan fingerprint density at radius 2 is 1.97 bits per heavy atom. The van der Waals surface area contributed by atoms with E-state index in [1.807, 2.05) is 6.07 Å². The van der Waals surface area contributed by atoms with Crippen LogP contribution in [-0.4, -0.2) is 51.7 Å². The molecule has 0 amide bonds. The van der Waals surface area contributed by atoms with E-state index in [9.17, 15) is 5.11 Å². The predicted molar refractivity (Wildman–Crippen MR) is 124 cm³/mol. The van der Waals surface area contributed by atoms with Crippen LogP contribution in [0.4, 0.5) is 0 Å². The minimum Gasteiger partial charge on any atom is -0.478 e. The highest BCUT2D eigenvalue weighted by Crippen LogP contribution is 2.28. The number of aromatic nitrogens is 3. The number of piperidine rings is 1. The van der Waals surface area contributed by atoms with Gasteiger partial charge in [-0.05, 0) is 82.8 Å². The summed E-state index contributed by atoms with van der Waals surface area (Å²) >= 11 is 0. The topological polar surface area (TPSA) is 74.3 Å². The molecule has 2 N–H and O–H groups in total. The van der Waals surface area contributed by atoms with E-state index in [-0.39, 0.29) is 6.61 Å². The zero-order chi connectivity index (χ0) is 21.8. The number of likely N-dealkylation sites (tertiary alicyclic amines) is 1. The number of H-pyrrole nitrogens is 1. The van der Waals surface area contributed by atoms with Crippen LogP contribution < -0.4 is 4.74 Å². The molecule has 6 nitrogen and oxygen atoms in total. The minimum atomic E-state index is -0.0890. The normalized spacial score (nSPS) is 15.6. The number of aliphatic hydroxyl groups excluding tert-OH is 1. The van der Waals surface area contributed by atoms with E-state index in [4.69, 9.17) is 9.72 Å². The molecule has 31 heavy (non-hydrogen) atoms. The number of unbranched alkanes of at least 4 members (excludes halogenated alkanes) is 1. The number of pyridine rings is 1. The van der Waals surface area contributed by atoms with Gasteiger partial charge in [-0.3, -0.25) is 0 Å². The molecule has 1 aromatic carbocycles. The molecular formula is C25H34N4O2. The van der Waals surface area contributed by atoms with Crippen LogP contribution in [0.5, 0.6) is 5.88 Å². The summed E-state index contributed by atoms with van der Waals surface area (Å²) in [4.78, 5) is 15.0. The van der Waals surface area contributed by atoms with Crippen molar-refractivity contribution in [3.8, 4) is 17.3 Å². The molecular weight excluding hydrogens is 388 g/mol. The molecule has 1 aliphatic rings. The zero-order valence-corrected chi connectivity index (χ0v) is 18.9. The molecule has 0 radical (unpaired) electrons. The van der Waals surface area contributed by atoms with Gasteiger partial charge in [0.2, 0.25) is 5.88 Å². The molecule has 0 atom stereocenters. The lowest BCUT2D eigenvalue weighted by molar-refractivity contribution is 0.205. The number of nitrogens with one attached hydrogen (secondary N) is 1. The Kier molecular flexibility index (Phi) is 6.88. The van der Waals surface area contributed by atoms with E-state index in [1.165, 1.54) is 44.3 Å². The van der Waals surface area contributed by atoms with Crippen LogP contribution in [0, 0.1) is 19.8 Å². The molecule has 3 heterocycles. The van der Waals surface area contributed by atoms with E-state index in [0.29, 0.717) is 12.5 Å². The zero-order valence-electron chi connectivity index (χ0n) is 18.9. The number of nitrogens with zero attached hydrogens (tertiary/aromatic N) is 3. The fraction of sp³-hybridized carbons (Fsp3) is 0.520. The number of aryl methyl sites for hydroxylation is 2. The Hall–Kier alpha value is -2.44. The summed E-state index contributed by atoms with van der Waals surface area (Å²) in [7, 11) is 2.21. The van der Waals surface area contributed by atoms with Gasteiger partial charge in [0.15, 0.2) is 0 Å². The highest BCUT2D eigenvalue weighted by Gasteiger charge is 2.16. The number of ether oxygens (including phenoxy) is 1. The molecule has 0 bridgehead atoms. The van der Waals surface area contributed by atoms with Gasteiger partial charge in [-0.1, -0.05) is 12.5 Å². The first kappa shape index (κ1) is 21.8. The van der Waals surface area contributed by atoms with E-state index in [2.05, 4.69) is 47.9 Å². The number of hydrogen-bond acceptors (Lipinski definition) is 5. The predicted octanol–water partition coefficient (Wildman–Crippen LogP) is 4.62. The first-order chi connectivity index (χ1) is 15.0. The summed E-state index contributed by atoms with van der Waals surface area (Å²) in [6.45, 7) is 7.18. The lowest BCUT2D eigenvalue weighted by atomic mass is 9.92. The van der Waals surface area contributed by atoms with Gasteiger partial charge < -0.3 is 19.7 Å². The molecule has 2 aromatic heterocycles. The molecule has 0 saturated carbocycles. The Morgan fingerprint density at radius 1 is 1.16 bits per heavy atom. The van der Waals surface area contributed by atoms with E-state index < -0.39 is 0 Å². The Morgan fingerprint density at radius 3 is 2.74 bits per heavy atom.